The van der Waals surface area contributed by atoms with Gasteiger partial charge in [-0.2, -0.15) is 0 Å². The molecule has 20 heavy (non-hydrogen) atoms. The summed E-state index contributed by atoms with van der Waals surface area (Å²) in [5.74, 6) is -1.16. The second kappa shape index (κ2) is 5.58. The Labute approximate surface area is 120 Å². The van der Waals surface area contributed by atoms with Crippen molar-refractivity contribution in [2.24, 2.45) is 0 Å². The van der Waals surface area contributed by atoms with E-state index in [0.717, 1.165) is 0 Å². The monoisotopic (exact) mass is 299 g/mol. The lowest BCUT2D eigenvalue weighted by molar-refractivity contribution is -0.140. The van der Waals surface area contributed by atoms with E-state index in [-0.39, 0.29) is 17.4 Å². The number of benzene rings is 1. The van der Waals surface area contributed by atoms with Crippen LogP contribution in [0, 0.1) is 0 Å². The second-order valence-electron chi connectivity index (χ2n) is 4.40. The van der Waals surface area contributed by atoms with E-state index in [4.69, 9.17) is 26.2 Å². The van der Waals surface area contributed by atoms with Gasteiger partial charge in [0.1, 0.15) is 6.04 Å². The van der Waals surface area contributed by atoms with Crippen molar-refractivity contribution in [1.29, 1.82) is 0 Å². The minimum Gasteiger partial charge on any atom is -0.493 e. The van der Waals surface area contributed by atoms with Crippen molar-refractivity contribution in [2.75, 3.05) is 14.2 Å². The molecule has 1 amide bonds. The SMILES string of the molecule is COc1ccc(C2CC(=O)NC2C(=O)O)c(Cl)c1OC. The third kappa shape index (κ3) is 2.38. The molecule has 108 valence electrons. The first-order chi connectivity index (χ1) is 9.49. The van der Waals surface area contributed by atoms with Crippen molar-refractivity contribution < 1.29 is 24.2 Å². The summed E-state index contributed by atoms with van der Waals surface area (Å²) in [6.07, 6.45) is 0.0756. The highest BCUT2D eigenvalue weighted by Gasteiger charge is 2.40. The first kappa shape index (κ1) is 14.5. The fraction of sp³-hybridized carbons (Fsp3) is 0.385. The molecule has 0 aliphatic carbocycles. The number of carboxylic acid groups (broad SMARTS) is 1. The molecule has 1 aliphatic rings. The highest BCUT2D eigenvalue weighted by Crippen LogP contribution is 2.42. The average molecular weight is 300 g/mol. The van der Waals surface area contributed by atoms with Crippen LogP contribution in [0.2, 0.25) is 5.02 Å². The number of halogens is 1. The van der Waals surface area contributed by atoms with Crippen LogP contribution in [0.3, 0.4) is 0 Å². The number of hydrogen-bond acceptors (Lipinski definition) is 4. The van der Waals surface area contributed by atoms with Crippen molar-refractivity contribution in [1.82, 2.24) is 5.32 Å². The van der Waals surface area contributed by atoms with Gasteiger partial charge >= 0.3 is 5.97 Å². The zero-order chi connectivity index (χ0) is 14.9. The first-order valence-electron chi connectivity index (χ1n) is 5.92. The van der Waals surface area contributed by atoms with Crippen molar-refractivity contribution in [3.05, 3.63) is 22.7 Å². The average Bonchev–Trinajstić information content (AvgIpc) is 2.80. The standard InChI is InChI=1S/C13H14ClNO5/c1-19-8-4-3-6(10(14)12(8)20-2)7-5-9(16)15-11(7)13(17)18/h3-4,7,11H,5H2,1-2H3,(H,15,16)(H,17,18). The van der Waals surface area contributed by atoms with E-state index in [0.29, 0.717) is 17.1 Å². The van der Waals surface area contributed by atoms with Crippen molar-refractivity contribution >= 4 is 23.5 Å². The molecular weight excluding hydrogens is 286 g/mol. The summed E-state index contributed by atoms with van der Waals surface area (Å²) in [7, 11) is 2.93. The predicted octanol–water partition coefficient (Wildman–Crippen LogP) is 1.41. The molecule has 2 N–H and O–H groups in total. The minimum absolute atomic E-state index is 0.0756. The Morgan fingerprint density at radius 1 is 1.40 bits per heavy atom. The van der Waals surface area contributed by atoms with Gasteiger partial charge in [-0.25, -0.2) is 4.79 Å². The van der Waals surface area contributed by atoms with Crippen LogP contribution in [-0.2, 0) is 9.59 Å². The summed E-state index contributed by atoms with van der Waals surface area (Å²) in [6.45, 7) is 0. The lowest BCUT2D eigenvalue weighted by Gasteiger charge is -2.19. The lowest BCUT2D eigenvalue weighted by atomic mass is 9.91. The lowest BCUT2D eigenvalue weighted by Crippen LogP contribution is -2.36. The van der Waals surface area contributed by atoms with Gasteiger partial charge in [-0.15, -0.1) is 0 Å². The maximum atomic E-state index is 11.5. The fourth-order valence-corrected chi connectivity index (χ4v) is 2.74. The number of carbonyl (C=O) groups excluding carboxylic acids is 1. The molecule has 0 bridgehead atoms. The molecule has 0 spiro atoms. The maximum absolute atomic E-state index is 11.5. The van der Waals surface area contributed by atoms with Gasteiger partial charge in [-0.3, -0.25) is 4.79 Å². The number of carbonyl (C=O) groups is 2. The Kier molecular flexibility index (Phi) is 4.04. The largest absolute Gasteiger partial charge is 0.493 e. The van der Waals surface area contributed by atoms with Crippen LogP contribution < -0.4 is 14.8 Å². The van der Waals surface area contributed by atoms with Gasteiger partial charge in [0.25, 0.3) is 0 Å². The number of amides is 1. The van der Waals surface area contributed by atoms with Crippen LogP contribution >= 0.6 is 11.6 Å². The van der Waals surface area contributed by atoms with Crippen LogP contribution in [-0.4, -0.2) is 37.2 Å². The molecule has 7 heteroatoms. The van der Waals surface area contributed by atoms with Gasteiger partial charge in [0.2, 0.25) is 5.91 Å². The summed E-state index contributed by atoms with van der Waals surface area (Å²) >= 11 is 6.25. The molecule has 2 unspecified atom stereocenters. The van der Waals surface area contributed by atoms with E-state index in [1.807, 2.05) is 0 Å². The molecule has 1 aromatic carbocycles. The van der Waals surface area contributed by atoms with Gasteiger partial charge in [0, 0.05) is 12.3 Å². The predicted molar refractivity (Wildman–Crippen MR) is 71.5 cm³/mol. The summed E-state index contributed by atoms with van der Waals surface area (Å²) in [6, 6.07) is 2.31. The van der Waals surface area contributed by atoms with E-state index >= 15 is 0 Å². The Morgan fingerprint density at radius 3 is 2.65 bits per heavy atom. The highest BCUT2D eigenvalue weighted by atomic mass is 35.5. The zero-order valence-corrected chi connectivity index (χ0v) is 11.7. The Morgan fingerprint density at radius 2 is 2.10 bits per heavy atom. The summed E-state index contributed by atoms with van der Waals surface area (Å²) in [4.78, 5) is 22.7. The molecule has 1 heterocycles. The fourth-order valence-electron chi connectivity index (χ4n) is 2.36. The highest BCUT2D eigenvalue weighted by molar-refractivity contribution is 6.33. The summed E-state index contributed by atoms with van der Waals surface area (Å²) in [5.41, 5.74) is 0.551. The second-order valence-corrected chi connectivity index (χ2v) is 4.78. The quantitative estimate of drug-likeness (QED) is 0.878. The molecule has 1 aliphatic heterocycles. The maximum Gasteiger partial charge on any atom is 0.326 e. The Hall–Kier alpha value is -1.95. The molecule has 1 aromatic rings. The Balaban J connectivity index is 2.47. The number of ether oxygens (including phenoxy) is 2. The number of methoxy groups -OCH3 is 2. The van der Waals surface area contributed by atoms with Crippen LogP contribution in [0.25, 0.3) is 0 Å². The van der Waals surface area contributed by atoms with Crippen LogP contribution in [0.15, 0.2) is 12.1 Å². The number of rotatable bonds is 4. The topological polar surface area (TPSA) is 84.9 Å². The zero-order valence-electron chi connectivity index (χ0n) is 11.0. The van der Waals surface area contributed by atoms with Crippen molar-refractivity contribution in [3.8, 4) is 11.5 Å². The van der Waals surface area contributed by atoms with E-state index in [2.05, 4.69) is 5.32 Å². The van der Waals surface area contributed by atoms with Gasteiger partial charge in [-0.05, 0) is 11.6 Å². The molecule has 2 rings (SSSR count). The molecular formula is C13H14ClNO5. The summed E-state index contributed by atoms with van der Waals surface area (Å²) < 4.78 is 10.3. The third-order valence-corrected chi connectivity index (χ3v) is 3.69. The smallest absolute Gasteiger partial charge is 0.326 e. The van der Waals surface area contributed by atoms with Crippen molar-refractivity contribution in [2.45, 2.75) is 18.4 Å². The van der Waals surface area contributed by atoms with Gasteiger partial charge < -0.3 is 19.9 Å². The molecule has 0 aromatic heterocycles. The normalized spacial score (nSPS) is 21.4. The first-order valence-corrected chi connectivity index (χ1v) is 6.30. The number of aliphatic carboxylic acids is 1. The molecule has 0 saturated carbocycles. The third-order valence-electron chi connectivity index (χ3n) is 3.30. The van der Waals surface area contributed by atoms with Crippen LogP contribution in [0.4, 0.5) is 0 Å². The van der Waals surface area contributed by atoms with Crippen molar-refractivity contribution in [3.63, 3.8) is 0 Å². The van der Waals surface area contributed by atoms with E-state index in [1.54, 1.807) is 12.1 Å². The minimum atomic E-state index is -1.09. The Bertz CT molecular complexity index is 560. The van der Waals surface area contributed by atoms with Crippen LogP contribution in [0.1, 0.15) is 17.9 Å². The van der Waals surface area contributed by atoms with Gasteiger partial charge in [-0.1, -0.05) is 17.7 Å². The number of hydrogen-bond donors (Lipinski definition) is 2. The van der Waals surface area contributed by atoms with Crippen LogP contribution in [0.5, 0.6) is 11.5 Å². The molecule has 6 nitrogen and oxygen atoms in total. The number of nitrogens with one attached hydrogen (secondary N) is 1. The van der Waals surface area contributed by atoms with E-state index in [1.165, 1.54) is 14.2 Å². The summed E-state index contributed by atoms with van der Waals surface area (Å²) in [5, 5.41) is 11.9. The van der Waals surface area contributed by atoms with E-state index < -0.39 is 17.9 Å². The molecule has 1 fully saturated rings. The van der Waals surface area contributed by atoms with Gasteiger partial charge in [0.05, 0.1) is 19.2 Å². The molecule has 0 radical (unpaired) electrons. The van der Waals surface area contributed by atoms with Gasteiger partial charge in [0.15, 0.2) is 11.5 Å². The number of carboxylic acids is 1. The van der Waals surface area contributed by atoms with E-state index in [9.17, 15) is 9.59 Å². The molecule has 1 saturated heterocycles. The molecule has 2 atom stereocenters.